The molecule has 0 aromatic heterocycles. The number of hydrogen-bond acceptors (Lipinski definition) is 6. The zero-order valence-corrected chi connectivity index (χ0v) is 15.1. The average Bonchev–Trinajstić information content (AvgIpc) is 2.59. The number of methoxy groups -OCH3 is 1. The Labute approximate surface area is 157 Å². The van der Waals surface area contributed by atoms with Crippen LogP contribution < -0.4 is 15.8 Å². The van der Waals surface area contributed by atoms with Crippen molar-refractivity contribution in [3.05, 3.63) is 57.1 Å². The zero-order valence-electron chi connectivity index (χ0n) is 13.5. The van der Waals surface area contributed by atoms with Gasteiger partial charge in [-0.3, -0.25) is 19.7 Å². The van der Waals surface area contributed by atoms with Crippen LogP contribution in [0.2, 0.25) is 5.02 Å². The minimum absolute atomic E-state index is 0.0224. The van der Waals surface area contributed by atoms with Crippen molar-refractivity contribution in [2.24, 2.45) is 5.73 Å². The number of halogens is 1. The maximum absolute atomic E-state index is 12.1. The second-order valence-electron chi connectivity index (χ2n) is 4.99. The molecule has 0 aliphatic carbocycles. The average molecular weight is 396 g/mol. The Morgan fingerprint density at radius 3 is 2.65 bits per heavy atom. The van der Waals surface area contributed by atoms with Crippen molar-refractivity contribution in [2.45, 2.75) is 4.90 Å². The molecule has 0 radical (unpaired) electrons. The number of nitro benzene ring substituents is 1. The molecule has 26 heavy (non-hydrogen) atoms. The van der Waals surface area contributed by atoms with E-state index in [1.54, 1.807) is 12.1 Å². The quantitative estimate of drug-likeness (QED) is 0.421. The van der Waals surface area contributed by atoms with Crippen LogP contribution in [0.3, 0.4) is 0 Å². The number of carbonyl (C=O) groups is 2. The fourth-order valence-electron chi connectivity index (χ4n) is 2.04. The number of ether oxygens (including phenoxy) is 1. The lowest BCUT2D eigenvalue weighted by atomic mass is 10.2. The van der Waals surface area contributed by atoms with E-state index in [4.69, 9.17) is 22.1 Å². The van der Waals surface area contributed by atoms with E-state index < -0.39 is 16.7 Å². The summed E-state index contributed by atoms with van der Waals surface area (Å²) in [5.41, 5.74) is 5.25. The van der Waals surface area contributed by atoms with E-state index in [-0.39, 0.29) is 21.9 Å². The summed E-state index contributed by atoms with van der Waals surface area (Å²) in [6.45, 7) is 0. The lowest BCUT2D eigenvalue weighted by Crippen LogP contribution is -2.15. The second-order valence-corrected chi connectivity index (χ2v) is 6.44. The topological polar surface area (TPSA) is 125 Å². The fourth-order valence-corrected chi connectivity index (χ4v) is 3.02. The van der Waals surface area contributed by atoms with Gasteiger partial charge in [0.25, 0.3) is 5.69 Å². The summed E-state index contributed by atoms with van der Waals surface area (Å²) in [6, 6.07) is 8.61. The molecule has 2 rings (SSSR count). The minimum atomic E-state index is -0.768. The molecule has 2 aromatic rings. The third-order valence-electron chi connectivity index (χ3n) is 3.23. The number of nitrogens with two attached hydrogens (primary N) is 1. The number of anilines is 1. The van der Waals surface area contributed by atoms with Crippen LogP contribution in [0.5, 0.6) is 5.75 Å². The highest BCUT2D eigenvalue weighted by Crippen LogP contribution is 2.31. The van der Waals surface area contributed by atoms with Gasteiger partial charge in [-0.2, -0.15) is 0 Å². The number of hydrogen-bond donors (Lipinski definition) is 2. The monoisotopic (exact) mass is 395 g/mol. The van der Waals surface area contributed by atoms with Crippen molar-refractivity contribution in [2.75, 3.05) is 18.2 Å². The van der Waals surface area contributed by atoms with Crippen LogP contribution in [0.25, 0.3) is 0 Å². The lowest BCUT2D eigenvalue weighted by Gasteiger charge is -2.10. The molecule has 0 aliphatic rings. The van der Waals surface area contributed by atoms with Crippen molar-refractivity contribution in [3.8, 4) is 5.75 Å². The predicted molar refractivity (Wildman–Crippen MR) is 99.0 cm³/mol. The van der Waals surface area contributed by atoms with Crippen molar-refractivity contribution >= 4 is 46.6 Å². The molecule has 8 nitrogen and oxygen atoms in total. The van der Waals surface area contributed by atoms with Crippen molar-refractivity contribution in [1.29, 1.82) is 0 Å². The summed E-state index contributed by atoms with van der Waals surface area (Å²) in [6.07, 6.45) is 0. The predicted octanol–water partition coefficient (Wildman–Crippen LogP) is 3.09. The number of primary amides is 1. The number of nitrogens with one attached hydrogen (secondary N) is 1. The van der Waals surface area contributed by atoms with Gasteiger partial charge >= 0.3 is 0 Å². The van der Waals surface area contributed by atoms with Crippen molar-refractivity contribution in [3.63, 3.8) is 0 Å². The van der Waals surface area contributed by atoms with Gasteiger partial charge in [0.15, 0.2) is 0 Å². The first-order valence-electron chi connectivity index (χ1n) is 7.16. The highest BCUT2D eigenvalue weighted by atomic mass is 35.5. The Bertz CT molecular complexity index is 875. The van der Waals surface area contributed by atoms with E-state index in [1.807, 2.05) is 0 Å². The van der Waals surface area contributed by atoms with Crippen LogP contribution >= 0.6 is 23.4 Å². The molecule has 0 spiro atoms. The van der Waals surface area contributed by atoms with Gasteiger partial charge in [0.1, 0.15) is 5.75 Å². The maximum Gasteiger partial charge on any atom is 0.283 e. The van der Waals surface area contributed by atoms with Gasteiger partial charge in [-0.1, -0.05) is 11.6 Å². The first-order valence-corrected chi connectivity index (χ1v) is 8.52. The molecular weight excluding hydrogens is 382 g/mol. The van der Waals surface area contributed by atoms with E-state index in [1.165, 1.54) is 25.3 Å². The number of thioether (sulfide) groups is 1. The van der Waals surface area contributed by atoms with Crippen LogP contribution in [-0.2, 0) is 4.79 Å². The summed E-state index contributed by atoms with van der Waals surface area (Å²) in [5, 5.41) is 14.2. The summed E-state index contributed by atoms with van der Waals surface area (Å²) in [7, 11) is 1.46. The minimum Gasteiger partial charge on any atom is -0.495 e. The third-order valence-corrected chi connectivity index (χ3v) is 4.53. The van der Waals surface area contributed by atoms with Crippen LogP contribution in [0.4, 0.5) is 11.4 Å². The molecule has 0 fully saturated rings. The van der Waals surface area contributed by atoms with E-state index in [0.717, 1.165) is 17.8 Å². The summed E-state index contributed by atoms with van der Waals surface area (Å²) in [5.74, 6) is -0.823. The van der Waals surface area contributed by atoms with Gasteiger partial charge in [-0.25, -0.2) is 0 Å². The summed E-state index contributed by atoms with van der Waals surface area (Å²) < 4.78 is 5.14. The number of rotatable bonds is 7. The van der Waals surface area contributed by atoms with E-state index >= 15 is 0 Å². The normalized spacial score (nSPS) is 10.2. The molecule has 2 aromatic carbocycles. The third kappa shape index (κ3) is 4.87. The van der Waals surface area contributed by atoms with Crippen molar-refractivity contribution < 1.29 is 19.2 Å². The molecule has 0 bridgehead atoms. The molecule has 0 unspecified atom stereocenters. The van der Waals surface area contributed by atoms with Crippen LogP contribution in [-0.4, -0.2) is 29.6 Å². The number of nitrogens with zero attached hydrogens (tertiary/aromatic N) is 1. The Kier molecular flexibility index (Phi) is 6.42. The van der Waals surface area contributed by atoms with Crippen LogP contribution in [0.1, 0.15) is 10.4 Å². The van der Waals surface area contributed by atoms with Crippen LogP contribution in [0, 0.1) is 10.1 Å². The van der Waals surface area contributed by atoms with E-state index in [9.17, 15) is 19.7 Å². The molecule has 0 heterocycles. The smallest absolute Gasteiger partial charge is 0.283 e. The van der Waals surface area contributed by atoms with E-state index in [0.29, 0.717) is 16.5 Å². The lowest BCUT2D eigenvalue weighted by molar-refractivity contribution is -0.387. The maximum atomic E-state index is 12.1. The Hall–Kier alpha value is -2.78. The SMILES string of the molecule is COc1ccc(Cl)cc1NC(=O)CSc1ccc(C(N)=O)cc1[N+](=O)[O-]. The van der Waals surface area contributed by atoms with Gasteiger partial charge in [-0.15, -0.1) is 11.8 Å². The standard InChI is InChI=1S/C16H14ClN3O5S/c1-25-13-4-3-10(17)7-11(13)19-15(21)8-26-14-5-2-9(16(18)22)6-12(14)20(23)24/h2-7H,8H2,1H3,(H2,18,22)(H,19,21). The van der Waals surface area contributed by atoms with E-state index in [2.05, 4.69) is 5.32 Å². The molecule has 0 atom stereocenters. The number of nitro groups is 1. The highest BCUT2D eigenvalue weighted by Gasteiger charge is 2.18. The van der Waals surface area contributed by atoms with Crippen molar-refractivity contribution in [1.82, 2.24) is 0 Å². The fraction of sp³-hybridized carbons (Fsp3) is 0.125. The van der Waals surface area contributed by atoms with Crippen LogP contribution in [0.15, 0.2) is 41.3 Å². The Morgan fingerprint density at radius 2 is 2.04 bits per heavy atom. The summed E-state index contributed by atoms with van der Waals surface area (Å²) >= 11 is 6.86. The number of benzene rings is 2. The molecule has 0 saturated carbocycles. The Morgan fingerprint density at radius 1 is 1.31 bits per heavy atom. The summed E-state index contributed by atoms with van der Waals surface area (Å²) in [4.78, 5) is 34.1. The molecule has 0 saturated heterocycles. The first-order chi connectivity index (χ1) is 12.3. The zero-order chi connectivity index (χ0) is 19.3. The van der Waals surface area contributed by atoms with Gasteiger partial charge < -0.3 is 15.8 Å². The molecule has 3 N–H and O–H groups in total. The molecule has 10 heteroatoms. The van der Waals surface area contributed by atoms with Gasteiger partial charge in [0.05, 0.1) is 28.4 Å². The molecule has 0 aliphatic heterocycles. The molecule has 136 valence electrons. The number of amides is 2. The highest BCUT2D eigenvalue weighted by molar-refractivity contribution is 8.00. The number of carbonyl (C=O) groups excluding carboxylic acids is 2. The molecular formula is C16H14ClN3O5S. The van der Waals surface area contributed by atoms with Gasteiger partial charge in [0.2, 0.25) is 11.8 Å². The largest absolute Gasteiger partial charge is 0.495 e. The van der Waals surface area contributed by atoms with Gasteiger partial charge in [-0.05, 0) is 30.3 Å². The first kappa shape index (κ1) is 19.5. The second kappa shape index (κ2) is 8.54. The Balaban J connectivity index is 2.11. The van der Waals surface area contributed by atoms with Gasteiger partial charge in [0, 0.05) is 16.7 Å². The molecule has 2 amide bonds.